The van der Waals surface area contributed by atoms with Gasteiger partial charge in [0, 0.05) is 55.7 Å². The lowest BCUT2D eigenvalue weighted by molar-refractivity contribution is -0.146. The van der Waals surface area contributed by atoms with Crippen molar-refractivity contribution in [2.75, 3.05) is 46.4 Å². The van der Waals surface area contributed by atoms with Gasteiger partial charge >= 0.3 is 5.97 Å². The minimum Gasteiger partial charge on any atom is -0.478 e. The normalized spacial score (nSPS) is 43.1. The van der Waals surface area contributed by atoms with Crippen LogP contribution in [0.1, 0.15) is 64.7 Å². The van der Waals surface area contributed by atoms with E-state index in [1.807, 2.05) is 11.1 Å². The summed E-state index contributed by atoms with van der Waals surface area (Å²) in [6, 6.07) is 0.450. The highest BCUT2D eigenvalue weighted by Gasteiger charge is 2.75. The third-order valence-corrected chi connectivity index (χ3v) is 12.3. The molecule has 0 aromatic carbocycles. The standard InChI is InChI=1S/C32H51N5O5/c1-20-8-9-21-15-24-27(28(39)40)30(41,19-42-26-7-3-6-25-23(26)5-4-11-36-25)17-31(20,24)32(21)18-37(29(33)34-2)13-10-22(32)16-35-12-14-38/h10,13,20-23,25-26,35-36,38,41H,3-9,11-12,14-19H2,1-2H3,(H2,33,34)(H,39,40)/t20-,21-,22-,23+,25-,26+,30+,31+,32-/m1/s1. The molecule has 0 aromatic rings. The van der Waals surface area contributed by atoms with E-state index in [0.717, 1.165) is 57.1 Å². The Bertz CT molecular complexity index is 1140. The summed E-state index contributed by atoms with van der Waals surface area (Å²) >= 11 is 0. The molecule has 0 unspecified atom stereocenters. The number of hydrogen-bond donors (Lipinski definition) is 6. The molecule has 42 heavy (non-hydrogen) atoms. The average molecular weight is 586 g/mol. The smallest absolute Gasteiger partial charge is 0.334 e. The molecule has 10 nitrogen and oxygen atoms in total. The van der Waals surface area contributed by atoms with Gasteiger partial charge in [0.1, 0.15) is 5.60 Å². The number of nitrogens with one attached hydrogen (secondary N) is 2. The number of carboxylic acid groups (broad SMARTS) is 1. The third kappa shape index (κ3) is 4.47. The number of allylic oxidation sites excluding steroid dienone is 1. The molecule has 0 amide bonds. The maximum absolute atomic E-state index is 13.1. The minimum atomic E-state index is -1.56. The van der Waals surface area contributed by atoms with Crippen molar-refractivity contribution in [3.8, 4) is 0 Å². The van der Waals surface area contributed by atoms with E-state index >= 15 is 0 Å². The Balaban J connectivity index is 1.39. The molecule has 7 N–H and O–H groups in total. The summed E-state index contributed by atoms with van der Waals surface area (Å²) in [7, 11) is 1.69. The van der Waals surface area contributed by atoms with Crippen molar-refractivity contribution in [3.05, 3.63) is 23.4 Å². The number of aliphatic hydroxyl groups is 2. The third-order valence-electron chi connectivity index (χ3n) is 12.3. The number of aliphatic imine (C=N–C) groups is 1. The van der Waals surface area contributed by atoms with Crippen LogP contribution in [-0.4, -0.2) is 96.3 Å². The maximum atomic E-state index is 13.1. The molecule has 0 radical (unpaired) electrons. The molecule has 2 heterocycles. The number of piperidine rings is 1. The summed E-state index contributed by atoms with van der Waals surface area (Å²) in [6.45, 7) is 5.17. The van der Waals surface area contributed by atoms with Gasteiger partial charge in [-0.2, -0.15) is 0 Å². The van der Waals surface area contributed by atoms with Crippen molar-refractivity contribution >= 4 is 11.9 Å². The summed E-state index contributed by atoms with van der Waals surface area (Å²) in [5, 5.41) is 39.9. The van der Waals surface area contributed by atoms with Gasteiger partial charge in [0.25, 0.3) is 0 Å². The number of carbonyl (C=O) groups is 1. The molecule has 1 saturated heterocycles. The van der Waals surface area contributed by atoms with E-state index in [1.165, 1.54) is 0 Å². The lowest BCUT2D eigenvalue weighted by Crippen LogP contribution is -2.62. The largest absolute Gasteiger partial charge is 0.478 e. The zero-order valence-corrected chi connectivity index (χ0v) is 25.4. The van der Waals surface area contributed by atoms with Crippen LogP contribution < -0.4 is 16.4 Å². The first-order valence-electron chi connectivity index (χ1n) is 16.3. The van der Waals surface area contributed by atoms with Crippen molar-refractivity contribution in [2.24, 2.45) is 45.2 Å². The fraction of sp³-hybridized carbons (Fsp3) is 0.812. The van der Waals surface area contributed by atoms with Gasteiger partial charge in [0.05, 0.1) is 24.9 Å². The fourth-order valence-electron chi connectivity index (χ4n) is 10.7. The van der Waals surface area contributed by atoms with Crippen LogP contribution in [0.2, 0.25) is 0 Å². The van der Waals surface area contributed by atoms with Crippen LogP contribution in [0.3, 0.4) is 0 Å². The maximum Gasteiger partial charge on any atom is 0.334 e. The number of guanidine groups is 1. The predicted molar refractivity (Wildman–Crippen MR) is 161 cm³/mol. The second-order valence-electron chi connectivity index (χ2n) is 14.0. The number of carboxylic acids is 1. The van der Waals surface area contributed by atoms with Gasteiger partial charge in [-0.15, -0.1) is 0 Å². The lowest BCUT2D eigenvalue weighted by Gasteiger charge is -2.61. The van der Waals surface area contributed by atoms with Gasteiger partial charge in [0.15, 0.2) is 5.96 Å². The molecule has 3 saturated carbocycles. The van der Waals surface area contributed by atoms with E-state index in [0.29, 0.717) is 50.4 Å². The lowest BCUT2D eigenvalue weighted by atomic mass is 9.46. The summed E-state index contributed by atoms with van der Waals surface area (Å²) in [4.78, 5) is 19.4. The molecule has 10 heteroatoms. The number of hydrogen-bond acceptors (Lipinski definition) is 7. The summed E-state index contributed by atoms with van der Waals surface area (Å²) in [6.07, 6.45) is 12.7. The Morgan fingerprint density at radius 3 is 2.86 bits per heavy atom. The van der Waals surface area contributed by atoms with Gasteiger partial charge in [-0.25, -0.2) is 4.79 Å². The molecule has 2 spiro atoms. The van der Waals surface area contributed by atoms with Crippen LogP contribution in [0.4, 0.5) is 0 Å². The Hall–Kier alpha value is -1.98. The zero-order valence-electron chi connectivity index (χ0n) is 25.4. The molecular weight excluding hydrogens is 534 g/mol. The number of aliphatic carboxylic acids is 1. The first kappa shape index (κ1) is 30.1. The predicted octanol–water partition coefficient (Wildman–Crippen LogP) is 1.83. The van der Waals surface area contributed by atoms with Gasteiger partial charge in [-0.05, 0) is 87.7 Å². The van der Waals surface area contributed by atoms with E-state index < -0.39 is 17.0 Å². The second-order valence-corrected chi connectivity index (χ2v) is 14.0. The first-order valence-corrected chi connectivity index (χ1v) is 16.3. The Kier molecular flexibility index (Phi) is 8.23. The summed E-state index contributed by atoms with van der Waals surface area (Å²) in [5.41, 5.74) is 5.11. The Morgan fingerprint density at radius 2 is 2.10 bits per heavy atom. The van der Waals surface area contributed by atoms with Crippen molar-refractivity contribution in [2.45, 2.75) is 82.5 Å². The van der Waals surface area contributed by atoms with Crippen LogP contribution in [0, 0.1) is 34.5 Å². The van der Waals surface area contributed by atoms with Crippen LogP contribution in [0.25, 0.3) is 0 Å². The number of fused-ring (bicyclic) bond motifs is 1. The van der Waals surface area contributed by atoms with Crippen molar-refractivity contribution in [1.29, 1.82) is 0 Å². The van der Waals surface area contributed by atoms with Crippen LogP contribution >= 0.6 is 0 Å². The summed E-state index contributed by atoms with van der Waals surface area (Å²) in [5.74, 6) is 0.363. The van der Waals surface area contributed by atoms with E-state index in [4.69, 9.17) is 10.5 Å². The number of rotatable bonds is 8. The first-order chi connectivity index (χ1) is 20.2. The molecular formula is C32H51N5O5. The highest BCUT2D eigenvalue weighted by Crippen LogP contribution is 2.77. The van der Waals surface area contributed by atoms with Crippen molar-refractivity contribution in [3.63, 3.8) is 0 Å². The molecule has 6 aliphatic rings. The number of nitrogens with two attached hydrogens (primary N) is 1. The highest BCUT2D eigenvalue weighted by atomic mass is 16.5. The average Bonchev–Trinajstić information content (AvgIpc) is 3.34. The molecule has 4 fully saturated rings. The van der Waals surface area contributed by atoms with E-state index in [9.17, 15) is 20.1 Å². The van der Waals surface area contributed by atoms with Gasteiger partial charge in [0.2, 0.25) is 0 Å². The number of nitrogens with zero attached hydrogens (tertiary/aromatic N) is 2. The van der Waals surface area contributed by atoms with Crippen molar-refractivity contribution < 1.29 is 24.9 Å². The molecule has 2 aliphatic heterocycles. The fourth-order valence-corrected chi connectivity index (χ4v) is 10.7. The summed E-state index contributed by atoms with van der Waals surface area (Å²) < 4.78 is 6.62. The van der Waals surface area contributed by atoms with Crippen LogP contribution in [0.5, 0.6) is 0 Å². The monoisotopic (exact) mass is 585 g/mol. The molecule has 2 bridgehead atoms. The van der Waals surface area contributed by atoms with Gasteiger partial charge < -0.3 is 41.3 Å². The molecule has 9 atom stereocenters. The Morgan fingerprint density at radius 1 is 1.26 bits per heavy atom. The Labute approximate surface area is 249 Å². The second kappa shape index (κ2) is 11.5. The molecule has 6 rings (SSSR count). The molecule has 0 aromatic heterocycles. The van der Waals surface area contributed by atoms with Gasteiger partial charge in [-0.1, -0.05) is 13.0 Å². The number of aliphatic hydroxyl groups excluding tert-OH is 1. The van der Waals surface area contributed by atoms with Gasteiger partial charge in [-0.3, -0.25) is 4.99 Å². The van der Waals surface area contributed by atoms with E-state index in [1.54, 1.807) is 7.05 Å². The van der Waals surface area contributed by atoms with Crippen LogP contribution in [0.15, 0.2) is 28.4 Å². The van der Waals surface area contributed by atoms with E-state index in [-0.39, 0.29) is 48.1 Å². The molecule has 4 aliphatic carbocycles. The molecule has 234 valence electrons. The minimum absolute atomic E-state index is 0.0206. The zero-order chi connectivity index (χ0) is 29.7. The van der Waals surface area contributed by atoms with Crippen LogP contribution in [-0.2, 0) is 9.53 Å². The van der Waals surface area contributed by atoms with E-state index in [2.05, 4.69) is 28.6 Å². The topological polar surface area (TPSA) is 153 Å². The SMILES string of the molecule is CN=C(N)N1C=C[C@H](CNCCO)[C@@]2(C1)[C@@H]1CC[C@@H](C)[C@]23C[C@](O)(CO[C@H]2CCC[C@H]4NCCC[C@H]24)C(C(=O)O)=C3C1. The van der Waals surface area contributed by atoms with Crippen molar-refractivity contribution in [1.82, 2.24) is 15.5 Å². The highest BCUT2D eigenvalue weighted by molar-refractivity contribution is 5.92. The quantitative estimate of drug-likeness (QED) is 0.142. The number of ether oxygens (including phenoxy) is 1.